The van der Waals surface area contributed by atoms with E-state index >= 15 is 0 Å². The third-order valence-corrected chi connectivity index (χ3v) is 7.13. The van der Waals surface area contributed by atoms with Crippen molar-refractivity contribution in [3.05, 3.63) is 89.5 Å². The lowest BCUT2D eigenvalue weighted by molar-refractivity contribution is -0.139. The van der Waals surface area contributed by atoms with E-state index in [9.17, 15) is 9.59 Å². The van der Waals surface area contributed by atoms with E-state index in [0.29, 0.717) is 41.0 Å². The highest BCUT2D eigenvalue weighted by atomic mass is 32.3. The maximum absolute atomic E-state index is 13.2. The molecule has 17 heteroatoms. The zero-order valence-corrected chi connectivity index (χ0v) is 27.0. The van der Waals surface area contributed by atoms with Crippen LogP contribution in [0.25, 0.3) is 0 Å². The summed E-state index contributed by atoms with van der Waals surface area (Å²) in [5.74, 6) is 0.132. The first-order valence-corrected chi connectivity index (χ1v) is 15.6. The van der Waals surface area contributed by atoms with Crippen molar-refractivity contribution in [3.8, 4) is 5.75 Å². The van der Waals surface area contributed by atoms with E-state index in [1.165, 1.54) is 5.56 Å². The van der Waals surface area contributed by atoms with Crippen molar-refractivity contribution in [2.75, 3.05) is 36.5 Å². The first-order chi connectivity index (χ1) is 21.7. The number of likely N-dealkylation sites (tertiary alicyclic amines) is 1. The maximum atomic E-state index is 13.2. The van der Waals surface area contributed by atoms with Crippen molar-refractivity contribution in [2.24, 2.45) is 5.73 Å². The Labute approximate surface area is 278 Å². The summed E-state index contributed by atoms with van der Waals surface area (Å²) in [4.78, 5) is 28.1. The molecule has 0 aromatic heterocycles. The summed E-state index contributed by atoms with van der Waals surface area (Å²) >= 11 is 0. The van der Waals surface area contributed by atoms with E-state index in [0.717, 1.165) is 31.5 Å². The van der Waals surface area contributed by atoms with Crippen LogP contribution in [0, 0.1) is 10.8 Å². The molecule has 0 spiro atoms. The summed E-state index contributed by atoms with van der Waals surface area (Å²) in [5.41, 5.74) is 9.73. The number of piperidine rings is 1. The van der Waals surface area contributed by atoms with Gasteiger partial charge in [-0.25, -0.2) is 4.79 Å². The number of amides is 1. The summed E-state index contributed by atoms with van der Waals surface area (Å²) < 4.78 is 36.9. The third kappa shape index (κ3) is 14.1. The Morgan fingerprint density at radius 1 is 1.00 bits per heavy atom. The molecule has 0 atom stereocenters. The summed E-state index contributed by atoms with van der Waals surface area (Å²) in [6.45, 7) is 3.52. The highest BCUT2D eigenvalue weighted by Gasteiger charge is 2.21. The van der Waals surface area contributed by atoms with Gasteiger partial charge in [-0.1, -0.05) is 36.4 Å². The Hall–Kier alpha value is -5.07. The number of nitrogen functional groups attached to an aromatic ring is 1. The molecule has 1 amide bonds. The second kappa shape index (κ2) is 18.9. The molecule has 48 heavy (non-hydrogen) atoms. The van der Waals surface area contributed by atoms with Crippen molar-refractivity contribution in [2.45, 2.75) is 32.2 Å². The molecule has 1 aliphatic heterocycles. The predicted octanol–water partition coefficient (Wildman–Crippen LogP) is 1.95. The van der Waals surface area contributed by atoms with Gasteiger partial charge in [0, 0.05) is 36.6 Å². The van der Waals surface area contributed by atoms with Gasteiger partial charge in [-0.05, 0) is 73.2 Å². The number of anilines is 2. The molecule has 4 rings (SSSR count). The SMILES string of the molecule is CC(=N)N1CCC(c2ccc(NC(=O)CN(Cc3cccc(OCC(=O)O)c3)c3cccc(C(=N)N)c3)cc2)CC1.O.O.O=S(=O)(O)O. The van der Waals surface area contributed by atoms with Gasteiger partial charge in [-0.15, -0.1) is 0 Å². The van der Waals surface area contributed by atoms with Crippen LogP contribution in [-0.4, -0.2) is 88.3 Å². The number of hydrogen-bond donors (Lipinski definition) is 7. The number of carboxylic acids is 1. The number of aliphatic carboxylic acids is 1. The van der Waals surface area contributed by atoms with Crippen molar-refractivity contribution in [1.29, 1.82) is 10.8 Å². The molecule has 16 nitrogen and oxygen atoms in total. The minimum absolute atomic E-state index is 0. The zero-order valence-electron chi connectivity index (χ0n) is 26.2. The van der Waals surface area contributed by atoms with Crippen LogP contribution in [0.4, 0.5) is 11.4 Å². The number of carbonyl (C=O) groups excluding carboxylic acids is 1. The smallest absolute Gasteiger partial charge is 0.394 e. The molecular formula is C31H42N6O10S. The number of hydrogen-bond acceptors (Lipinski definition) is 8. The molecule has 0 radical (unpaired) electrons. The molecule has 3 aromatic rings. The standard InChI is InChI=1S/C31H36N6O4.H2O4S.2H2O/c1-21(32)36-14-12-24(13-15-36)23-8-10-26(11-9-23)35-29(38)19-37(27-6-3-5-25(17-27)31(33)34)18-22-4-2-7-28(16-22)41-20-30(39)40;1-5(2,3)4;;/h2-11,16-17,24,32H,12-15,18-20H2,1H3,(H3,33,34)(H,35,38)(H,39,40);(H2,1,2,3,4);2*1H2. The minimum atomic E-state index is -4.67. The fourth-order valence-electron chi connectivity index (χ4n) is 4.97. The fraction of sp³-hybridized carbons (Fsp3) is 0.290. The van der Waals surface area contributed by atoms with Crippen LogP contribution in [0.2, 0.25) is 0 Å². The highest BCUT2D eigenvalue weighted by Crippen LogP contribution is 2.29. The number of nitrogens with one attached hydrogen (secondary N) is 3. The molecule has 1 aliphatic rings. The summed E-state index contributed by atoms with van der Waals surface area (Å²) in [7, 11) is -4.67. The number of nitrogens with two attached hydrogens (primary N) is 1. The van der Waals surface area contributed by atoms with Crippen molar-refractivity contribution >= 4 is 45.3 Å². The molecule has 1 saturated heterocycles. The van der Waals surface area contributed by atoms with Gasteiger partial charge in [0.2, 0.25) is 5.91 Å². The van der Waals surface area contributed by atoms with E-state index in [-0.39, 0.29) is 29.2 Å². The number of ether oxygens (including phenoxy) is 1. The van der Waals surface area contributed by atoms with Gasteiger partial charge < -0.3 is 41.6 Å². The van der Waals surface area contributed by atoms with E-state index in [1.54, 1.807) is 36.4 Å². The van der Waals surface area contributed by atoms with Gasteiger partial charge in [-0.2, -0.15) is 8.42 Å². The lowest BCUT2D eigenvalue weighted by Crippen LogP contribution is -2.36. The quantitative estimate of drug-likeness (QED) is 0.0866. The largest absolute Gasteiger partial charge is 0.482 e. The highest BCUT2D eigenvalue weighted by molar-refractivity contribution is 7.79. The molecule has 262 valence electrons. The number of amidine groups is 2. The zero-order chi connectivity index (χ0) is 33.9. The molecule has 0 saturated carbocycles. The Bertz CT molecular complexity index is 1640. The molecular weight excluding hydrogens is 648 g/mol. The van der Waals surface area contributed by atoms with E-state index in [4.69, 9.17) is 43.9 Å². The van der Waals surface area contributed by atoms with E-state index in [2.05, 4.69) is 22.3 Å². The number of rotatable bonds is 11. The number of carbonyl (C=O) groups is 2. The normalized spacial score (nSPS) is 12.6. The number of nitrogens with zero attached hydrogens (tertiary/aromatic N) is 2. The monoisotopic (exact) mass is 690 g/mol. The average molecular weight is 691 g/mol. The van der Waals surface area contributed by atoms with Crippen molar-refractivity contribution in [3.63, 3.8) is 0 Å². The second-order valence-electron chi connectivity index (χ2n) is 10.6. The minimum Gasteiger partial charge on any atom is -0.482 e. The summed E-state index contributed by atoms with van der Waals surface area (Å²) in [6.07, 6.45) is 2.00. The first kappa shape index (κ1) is 41.0. The van der Waals surface area contributed by atoms with Gasteiger partial charge >= 0.3 is 16.4 Å². The molecule has 0 aliphatic carbocycles. The van der Waals surface area contributed by atoms with Crippen LogP contribution in [0.15, 0.2) is 72.8 Å². The first-order valence-electron chi connectivity index (χ1n) is 14.2. The Kier molecular flexibility index (Phi) is 16.1. The van der Waals surface area contributed by atoms with E-state index in [1.807, 2.05) is 36.1 Å². The van der Waals surface area contributed by atoms with Gasteiger partial charge in [0.05, 0.1) is 12.4 Å². The molecule has 0 bridgehead atoms. The Balaban J connectivity index is 0.00000153. The molecule has 1 heterocycles. The molecule has 3 aromatic carbocycles. The van der Waals surface area contributed by atoms with Gasteiger partial charge in [0.1, 0.15) is 11.6 Å². The van der Waals surface area contributed by atoms with Crippen molar-refractivity contribution in [1.82, 2.24) is 4.90 Å². The van der Waals surface area contributed by atoms with Crippen LogP contribution in [0.3, 0.4) is 0 Å². The Morgan fingerprint density at radius 2 is 1.60 bits per heavy atom. The third-order valence-electron chi connectivity index (χ3n) is 7.13. The Morgan fingerprint density at radius 3 is 2.17 bits per heavy atom. The van der Waals surface area contributed by atoms with Gasteiger partial charge in [-0.3, -0.25) is 24.7 Å². The van der Waals surface area contributed by atoms with Gasteiger partial charge in [0.15, 0.2) is 6.61 Å². The van der Waals surface area contributed by atoms with E-state index < -0.39 is 23.0 Å². The topological polar surface area (TPSA) is 293 Å². The lowest BCUT2D eigenvalue weighted by atomic mass is 9.89. The predicted molar refractivity (Wildman–Crippen MR) is 182 cm³/mol. The lowest BCUT2D eigenvalue weighted by Gasteiger charge is -2.33. The van der Waals surface area contributed by atoms with Gasteiger partial charge in [0.25, 0.3) is 0 Å². The summed E-state index contributed by atoms with van der Waals surface area (Å²) in [5, 5.41) is 27.6. The average Bonchev–Trinajstić information content (AvgIpc) is 2.99. The maximum Gasteiger partial charge on any atom is 0.394 e. The second-order valence-corrected chi connectivity index (χ2v) is 11.5. The van der Waals surface area contributed by atoms with Crippen LogP contribution < -0.4 is 20.7 Å². The fourth-order valence-corrected chi connectivity index (χ4v) is 4.97. The molecule has 0 unspecified atom stereocenters. The van der Waals surface area contributed by atoms with Crippen LogP contribution in [0.5, 0.6) is 5.75 Å². The number of carboxylic acid groups (broad SMARTS) is 1. The molecule has 1 fully saturated rings. The van der Waals surface area contributed by atoms with Crippen molar-refractivity contribution < 1.29 is 47.9 Å². The number of benzene rings is 3. The van der Waals surface area contributed by atoms with Crippen LogP contribution >= 0.6 is 0 Å². The van der Waals surface area contributed by atoms with Crippen LogP contribution in [-0.2, 0) is 26.5 Å². The van der Waals surface area contributed by atoms with Crippen LogP contribution in [0.1, 0.15) is 42.4 Å². The summed E-state index contributed by atoms with van der Waals surface area (Å²) in [6, 6.07) is 22.2. The molecule has 12 N–H and O–H groups in total.